The van der Waals surface area contributed by atoms with Crippen molar-refractivity contribution < 1.29 is 9.53 Å². The number of carbonyl (C=O) groups is 1. The van der Waals surface area contributed by atoms with Crippen LogP contribution in [0.1, 0.15) is 22.8 Å². The molecule has 2 aromatic rings. The zero-order chi connectivity index (χ0) is 20.2. The van der Waals surface area contributed by atoms with E-state index in [-0.39, 0.29) is 29.9 Å². The minimum absolute atomic E-state index is 0. The standard InChI is InChI=1S/C21H27ClN4O2.HI/c1-3-23-21(25-13-12-16-8-10-17(28-2)11-9-16)26-15-14-24-20(27)18-6-4-5-7-19(18)22;/h4-11H,3,12-15H2,1-2H3,(H,24,27)(H2,23,25,26);1H. The summed E-state index contributed by atoms with van der Waals surface area (Å²) in [7, 11) is 1.66. The molecule has 0 saturated carbocycles. The number of aliphatic imine (C=N–C) groups is 1. The van der Waals surface area contributed by atoms with Gasteiger partial charge in [0.25, 0.3) is 5.91 Å². The van der Waals surface area contributed by atoms with Gasteiger partial charge in [-0.3, -0.25) is 9.79 Å². The second-order valence-electron chi connectivity index (χ2n) is 6.02. The number of nitrogens with zero attached hydrogens (tertiary/aromatic N) is 1. The molecule has 0 fully saturated rings. The fourth-order valence-corrected chi connectivity index (χ4v) is 2.75. The van der Waals surface area contributed by atoms with E-state index in [0.29, 0.717) is 30.2 Å². The first-order valence-electron chi connectivity index (χ1n) is 9.32. The molecule has 0 saturated heterocycles. The Morgan fingerprint density at radius 3 is 2.38 bits per heavy atom. The highest BCUT2D eigenvalue weighted by molar-refractivity contribution is 14.0. The monoisotopic (exact) mass is 530 g/mol. The van der Waals surface area contributed by atoms with Crippen LogP contribution < -0.4 is 20.7 Å². The van der Waals surface area contributed by atoms with Gasteiger partial charge in [-0.2, -0.15) is 0 Å². The Hall–Kier alpha value is -2.00. The highest BCUT2D eigenvalue weighted by Gasteiger charge is 2.08. The van der Waals surface area contributed by atoms with Crippen molar-refractivity contribution in [3.63, 3.8) is 0 Å². The summed E-state index contributed by atoms with van der Waals surface area (Å²) >= 11 is 6.04. The summed E-state index contributed by atoms with van der Waals surface area (Å²) < 4.78 is 5.17. The number of benzene rings is 2. The van der Waals surface area contributed by atoms with Gasteiger partial charge in [0, 0.05) is 26.2 Å². The largest absolute Gasteiger partial charge is 0.497 e. The normalized spacial score (nSPS) is 10.7. The maximum atomic E-state index is 12.1. The molecule has 29 heavy (non-hydrogen) atoms. The zero-order valence-electron chi connectivity index (χ0n) is 16.7. The number of ether oxygens (including phenoxy) is 1. The molecule has 0 aromatic heterocycles. The van der Waals surface area contributed by atoms with E-state index in [1.807, 2.05) is 31.2 Å². The van der Waals surface area contributed by atoms with Crippen molar-refractivity contribution in [2.45, 2.75) is 13.3 Å². The molecule has 0 aliphatic heterocycles. The molecule has 2 aromatic carbocycles. The lowest BCUT2D eigenvalue weighted by molar-refractivity contribution is 0.0954. The molecule has 0 spiro atoms. The van der Waals surface area contributed by atoms with E-state index in [1.54, 1.807) is 31.4 Å². The number of hydrogen-bond donors (Lipinski definition) is 3. The molecule has 3 N–H and O–H groups in total. The van der Waals surface area contributed by atoms with Crippen LogP contribution in [-0.4, -0.2) is 45.2 Å². The lowest BCUT2D eigenvalue weighted by Crippen LogP contribution is -2.41. The van der Waals surface area contributed by atoms with Crippen LogP contribution in [0.5, 0.6) is 5.75 Å². The van der Waals surface area contributed by atoms with E-state index in [0.717, 1.165) is 24.7 Å². The van der Waals surface area contributed by atoms with Crippen molar-refractivity contribution in [3.8, 4) is 5.75 Å². The maximum absolute atomic E-state index is 12.1. The summed E-state index contributed by atoms with van der Waals surface area (Å²) in [5.41, 5.74) is 1.68. The summed E-state index contributed by atoms with van der Waals surface area (Å²) in [6, 6.07) is 15.0. The predicted octanol–water partition coefficient (Wildman–Crippen LogP) is 3.49. The molecule has 0 radical (unpaired) electrons. The van der Waals surface area contributed by atoms with Crippen LogP contribution in [0.4, 0.5) is 0 Å². The molecule has 158 valence electrons. The van der Waals surface area contributed by atoms with Crippen LogP contribution in [0.25, 0.3) is 0 Å². The van der Waals surface area contributed by atoms with Gasteiger partial charge >= 0.3 is 0 Å². The van der Waals surface area contributed by atoms with E-state index in [2.05, 4.69) is 20.9 Å². The Morgan fingerprint density at radius 2 is 1.72 bits per heavy atom. The molecule has 1 amide bonds. The van der Waals surface area contributed by atoms with Crippen LogP contribution in [0.2, 0.25) is 5.02 Å². The number of amides is 1. The SMILES string of the molecule is CCNC(=NCCc1ccc(OC)cc1)NCCNC(=O)c1ccccc1Cl.I. The number of carbonyl (C=O) groups excluding carboxylic acids is 1. The van der Waals surface area contributed by atoms with Gasteiger partial charge in [0.1, 0.15) is 5.75 Å². The molecule has 8 heteroatoms. The second kappa shape index (κ2) is 14.1. The van der Waals surface area contributed by atoms with E-state index >= 15 is 0 Å². The summed E-state index contributed by atoms with van der Waals surface area (Å²) in [5, 5.41) is 9.71. The maximum Gasteiger partial charge on any atom is 0.252 e. The highest BCUT2D eigenvalue weighted by atomic mass is 127. The van der Waals surface area contributed by atoms with Crippen molar-refractivity contribution >= 4 is 47.4 Å². The van der Waals surface area contributed by atoms with E-state index in [9.17, 15) is 4.79 Å². The molecule has 2 rings (SSSR count). The van der Waals surface area contributed by atoms with Crippen LogP contribution in [0.3, 0.4) is 0 Å². The van der Waals surface area contributed by atoms with Gasteiger partial charge in [0.15, 0.2) is 5.96 Å². The third-order valence-corrected chi connectivity index (χ3v) is 4.32. The first kappa shape index (κ1) is 25.0. The Labute approximate surface area is 194 Å². The van der Waals surface area contributed by atoms with Gasteiger partial charge in [-0.15, -0.1) is 24.0 Å². The molecule has 6 nitrogen and oxygen atoms in total. The highest BCUT2D eigenvalue weighted by Crippen LogP contribution is 2.14. The Morgan fingerprint density at radius 1 is 1.03 bits per heavy atom. The Balaban J connectivity index is 0.00000420. The minimum Gasteiger partial charge on any atom is -0.497 e. The zero-order valence-corrected chi connectivity index (χ0v) is 19.8. The second-order valence-corrected chi connectivity index (χ2v) is 6.43. The van der Waals surface area contributed by atoms with Crippen molar-refractivity contribution in [1.82, 2.24) is 16.0 Å². The molecular formula is C21H28ClIN4O2. The van der Waals surface area contributed by atoms with Crippen molar-refractivity contribution in [3.05, 3.63) is 64.7 Å². The van der Waals surface area contributed by atoms with Gasteiger partial charge in [-0.25, -0.2) is 0 Å². The summed E-state index contributed by atoms with van der Waals surface area (Å²) in [6.07, 6.45) is 0.837. The first-order valence-corrected chi connectivity index (χ1v) is 9.69. The number of methoxy groups -OCH3 is 1. The van der Waals surface area contributed by atoms with Crippen LogP contribution >= 0.6 is 35.6 Å². The van der Waals surface area contributed by atoms with Crippen molar-refractivity contribution in [2.24, 2.45) is 4.99 Å². The van der Waals surface area contributed by atoms with Gasteiger partial charge in [-0.05, 0) is 43.2 Å². The predicted molar refractivity (Wildman–Crippen MR) is 130 cm³/mol. The van der Waals surface area contributed by atoms with Crippen molar-refractivity contribution in [2.75, 3.05) is 33.3 Å². The fraction of sp³-hybridized carbons (Fsp3) is 0.333. The van der Waals surface area contributed by atoms with Gasteiger partial charge in [0.2, 0.25) is 0 Å². The van der Waals surface area contributed by atoms with Gasteiger partial charge in [-0.1, -0.05) is 35.9 Å². The van der Waals surface area contributed by atoms with Crippen molar-refractivity contribution in [1.29, 1.82) is 0 Å². The third kappa shape index (κ3) is 8.91. The topological polar surface area (TPSA) is 74.8 Å². The molecule has 0 bridgehead atoms. The van der Waals surface area contributed by atoms with Crippen LogP contribution in [-0.2, 0) is 6.42 Å². The first-order chi connectivity index (χ1) is 13.6. The molecule has 0 aliphatic rings. The fourth-order valence-electron chi connectivity index (χ4n) is 2.53. The number of guanidine groups is 1. The number of nitrogens with one attached hydrogen (secondary N) is 3. The number of hydrogen-bond acceptors (Lipinski definition) is 3. The summed E-state index contributed by atoms with van der Waals surface area (Å²) in [6.45, 7) is 4.46. The average Bonchev–Trinajstić information content (AvgIpc) is 2.71. The van der Waals surface area contributed by atoms with E-state index < -0.39 is 0 Å². The molecule has 0 atom stereocenters. The molecule has 0 unspecified atom stereocenters. The quantitative estimate of drug-likeness (QED) is 0.201. The Bertz CT molecular complexity index is 785. The summed E-state index contributed by atoms with van der Waals surface area (Å²) in [4.78, 5) is 16.7. The van der Waals surface area contributed by atoms with Crippen LogP contribution in [0, 0.1) is 0 Å². The lowest BCUT2D eigenvalue weighted by Gasteiger charge is -2.12. The average molecular weight is 531 g/mol. The van der Waals surface area contributed by atoms with Gasteiger partial charge in [0.05, 0.1) is 17.7 Å². The molecule has 0 heterocycles. The smallest absolute Gasteiger partial charge is 0.252 e. The molecular weight excluding hydrogens is 503 g/mol. The van der Waals surface area contributed by atoms with E-state index in [4.69, 9.17) is 16.3 Å². The van der Waals surface area contributed by atoms with Crippen LogP contribution in [0.15, 0.2) is 53.5 Å². The number of halogens is 2. The Kier molecular flexibility index (Phi) is 12.1. The minimum atomic E-state index is -0.186. The third-order valence-electron chi connectivity index (χ3n) is 4.00. The summed E-state index contributed by atoms with van der Waals surface area (Å²) in [5.74, 6) is 1.39. The van der Waals surface area contributed by atoms with E-state index in [1.165, 1.54) is 5.56 Å². The molecule has 0 aliphatic carbocycles. The lowest BCUT2D eigenvalue weighted by atomic mass is 10.1. The van der Waals surface area contributed by atoms with Gasteiger partial charge < -0.3 is 20.7 Å². The number of rotatable bonds is 9.